The molecule has 0 saturated heterocycles. The van der Waals surface area contributed by atoms with E-state index in [0.29, 0.717) is 21.3 Å². The van der Waals surface area contributed by atoms with Gasteiger partial charge in [-0.1, -0.05) is 77.8 Å². The molecule has 3 rings (SSSR count). The Labute approximate surface area is 234 Å². The second kappa shape index (κ2) is 13.1. The van der Waals surface area contributed by atoms with Gasteiger partial charge in [0.2, 0.25) is 21.8 Å². The molecule has 0 spiro atoms. The van der Waals surface area contributed by atoms with Gasteiger partial charge in [0.1, 0.15) is 12.6 Å². The van der Waals surface area contributed by atoms with Crippen LogP contribution < -0.4 is 9.62 Å². The van der Waals surface area contributed by atoms with Gasteiger partial charge < -0.3 is 10.2 Å². The highest BCUT2D eigenvalue weighted by Gasteiger charge is 2.34. The van der Waals surface area contributed by atoms with Crippen LogP contribution in [0.3, 0.4) is 0 Å². The molecule has 0 aliphatic carbocycles. The molecule has 2 amide bonds. The molecule has 0 saturated carbocycles. The standard InChI is InChI=1S/C28H31Cl2N3O4S/c1-20(2)31-28(35)26(17-21-11-6-4-7-12-21)32(18-23-24(29)15-10-16-25(23)30)27(34)19-33(38(3,36)37)22-13-8-5-9-14-22/h4-16,20,26H,17-19H2,1-3H3,(H,31,35)/t26-/m0/s1. The minimum Gasteiger partial charge on any atom is -0.352 e. The number of rotatable bonds is 11. The maximum Gasteiger partial charge on any atom is 0.244 e. The van der Waals surface area contributed by atoms with Gasteiger partial charge in [0.25, 0.3) is 0 Å². The Morgan fingerprint density at radius 2 is 1.42 bits per heavy atom. The van der Waals surface area contributed by atoms with E-state index in [1.54, 1.807) is 48.5 Å². The van der Waals surface area contributed by atoms with Crippen LogP contribution in [0.15, 0.2) is 78.9 Å². The van der Waals surface area contributed by atoms with Gasteiger partial charge in [-0.05, 0) is 43.7 Å². The SMILES string of the molecule is CC(C)NC(=O)[C@H](Cc1ccccc1)N(Cc1c(Cl)cccc1Cl)C(=O)CN(c1ccccc1)S(C)(=O)=O. The quantitative estimate of drug-likeness (QED) is 0.351. The summed E-state index contributed by atoms with van der Waals surface area (Å²) in [5, 5.41) is 3.57. The van der Waals surface area contributed by atoms with Gasteiger partial charge in [-0.15, -0.1) is 0 Å². The summed E-state index contributed by atoms with van der Waals surface area (Å²) in [6.07, 6.45) is 1.24. The lowest BCUT2D eigenvalue weighted by Gasteiger charge is -2.34. The second-order valence-corrected chi connectivity index (χ2v) is 11.9. The predicted molar refractivity (Wildman–Crippen MR) is 153 cm³/mol. The number of nitrogens with zero attached hydrogens (tertiary/aromatic N) is 2. The molecule has 10 heteroatoms. The van der Waals surface area contributed by atoms with Crippen molar-refractivity contribution in [2.45, 2.75) is 38.9 Å². The number of hydrogen-bond acceptors (Lipinski definition) is 4. The third-order valence-corrected chi connectivity index (χ3v) is 7.66. The number of carbonyl (C=O) groups is 2. The van der Waals surface area contributed by atoms with Crippen molar-refractivity contribution in [2.75, 3.05) is 17.1 Å². The van der Waals surface area contributed by atoms with E-state index in [0.717, 1.165) is 16.1 Å². The molecule has 1 N–H and O–H groups in total. The highest BCUT2D eigenvalue weighted by molar-refractivity contribution is 7.92. The van der Waals surface area contributed by atoms with Gasteiger partial charge >= 0.3 is 0 Å². The minimum atomic E-state index is -3.83. The molecular weight excluding hydrogens is 545 g/mol. The maximum absolute atomic E-state index is 14.0. The summed E-state index contributed by atoms with van der Waals surface area (Å²) in [5.74, 6) is -0.943. The Kier molecular flexibility index (Phi) is 10.2. The van der Waals surface area contributed by atoms with Crippen molar-refractivity contribution >= 4 is 50.7 Å². The van der Waals surface area contributed by atoms with Crippen LogP contribution in [-0.2, 0) is 32.6 Å². The van der Waals surface area contributed by atoms with Crippen LogP contribution in [0, 0.1) is 0 Å². The molecule has 3 aromatic rings. The molecule has 0 bridgehead atoms. The van der Waals surface area contributed by atoms with Crippen LogP contribution in [0.25, 0.3) is 0 Å². The van der Waals surface area contributed by atoms with Crippen molar-refractivity contribution < 1.29 is 18.0 Å². The van der Waals surface area contributed by atoms with Crippen molar-refractivity contribution in [1.29, 1.82) is 0 Å². The van der Waals surface area contributed by atoms with Crippen LogP contribution in [0.5, 0.6) is 0 Å². The highest BCUT2D eigenvalue weighted by atomic mass is 35.5. The number of para-hydroxylation sites is 1. The zero-order valence-electron chi connectivity index (χ0n) is 21.5. The average Bonchev–Trinajstić information content (AvgIpc) is 2.86. The Morgan fingerprint density at radius 1 is 0.868 bits per heavy atom. The minimum absolute atomic E-state index is 0.0905. The summed E-state index contributed by atoms with van der Waals surface area (Å²) in [6, 6.07) is 21.5. The van der Waals surface area contributed by atoms with Crippen molar-refractivity contribution in [1.82, 2.24) is 10.2 Å². The molecule has 3 aromatic carbocycles. The third kappa shape index (κ3) is 7.96. The summed E-state index contributed by atoms with van der Waals surface area (Å²) >= 11 is 12.9. The van der Waals surface area contributed by atoms with E-state index in [9.17, 15) is 18.0 Å². The summed E-state index contributed by atoms with van der Waals surface area (Å²) in [5.41, 5.74) is 1.64. The predicted octanol–water partition coefficient (Wildman–Crippen LogP) is 4.92. The molecule has 0 fully saturated rings. The Hall–Kier alpha value is -3.07. The van der Waals surface area contributed by atoms with E-state index in [-0.39, 0.29) is 24.9 Å². The number of halogens is 2. The molecular formula is C28H31Cl2N3O4S. The topological polar surface area (TPSA) is 86.8 Å². The van der Waals surface area contributed by atoms with E-state index in [1.807, 2.05) is 44.2 Å². The number of hydrogen-bond donors (Lipinski definition) is 1. The molecule has 0 aromatic heterocycles. The molecule has 38 heavy (non-hydrogen) atoms. The molecule has 0 unspecified atom stereocenters. The first-order chi connectivity index (χ1) is 18.0. The molecule has 0 heterocycles. The highest BCUT2D eigenvalue weighted by Crippen LogP contribution is 2.28. The number of anilines is 1. The normalized spacial score (nSPS) is 12.2. The molecule has 1 atom stereocenters. The fourth-order valence-corrected chi connectivity index (χ4v) is 5.36. The zero-order valence-corrected chi connectivity index (χ0v) is 23.8. The van der Waals surface area contributed by atoms with Gasteiger partial charge in [0.15, 0.2) is 0 Å². The monoisotopic (exact) mass is 575 g/mol. The van der Waals surface area contributed by atoms with Crippen LogP contribution in [-0.4, -0.2) is 50.0 Å². The number of carbonyl (C=O) groups excluding carboxylic acids is 2. The van der Waals surface area contributed by atoms with Gasteiger partial charge in [-0.3, -0.25) is 13.9 Å². The fourth-order valence-electron chi connectivity index (χ4n) is 4.00. The van der Waals surface area contributed by atoms with Crippen LogP contribution in [0.1, 0.15) is 25.0 Å². The van der Waals surface area contributed by atoms with Crippen LogP contribution in [0.2, 0.25) is 10.0 Å². The van der Waals surface area contributed by atoms with Crippen LogP contribution >= 0.6 is 23.2 Å². The van der Waals surface area contributed by atoms with Gasteiger partial charge in [-0.25, -0.2) is 8.42 Å². The second-order valence-electron chi connectivity index (χ2n) is 9.20. The Balaban J connectivity index is 2.09. The van der Waals surface area contributed by atoms with Crippen molar-refractivity contribution in [3.05, 3.63) is 100 Å². The van der Waals surface area contributed by atoms with E-state index < -0.39 is 28.5 Å². The van der Waals surface area contributed by atoms with Crippen molar-refractivity contribution in [2.24, 2.45) is 0 Å². The number of benzene rings is 3. The van der Waals surface area contributed by atoms with E-state index >= 15 is 0 Å². The van der Waals surface area contributed by atoms with E-state index in [4.69, 9.17) is 23.2 Å². The summed E-state index contributed by atoms with van der Waals surface area (Å²) in [6.45, 7) is 3.06. The third-order valence-electron chi connectivity index (χ3n) is 5.82. The first-order valence-electron chi connectivity index (χ1n) is 12.1. The molecule has 202 valence electrons. The number of nitrogens with one attached hydrogen (secondary N) is 1. The first-order valence-corrected chi connectivity index (χ1v) is 14.7. The van der Waals surface area contributed by atoms with Crippen LogP contribution in [0.4, 0.5) is 5.69 Å². The molecule has 0 aliphatic heterocycles. The van der Waals surface area contributed by atoms with Crippen molar-refractivity contribution in [3.63, 3.8) is 0 Å². The van der Waals surface area contributed by atoms with E-state index in [2.05, 4.69) is 5.32 Å². The van der Waals surface area contributed by atoms with E-state index in [1.165, 1.54) is 4.90 Å². The number of amides is 2. The molecule has 7 nitrogen and oxygen atoms in total. The Morgan fingerprint density at radius 3 is 1.95 bits per heavy atom. The largest absolute Gasteiger partial charge is 0.352 e. The fraction of sp³-hybridized carbons (Fsp3) is 0.286. The average molecular weight is 577 g/mol. The molecule has 0 aliphatic rings. The Bertz CT molecular complexity index is 1330. The van der Waals surface area contributed by atoms with Crippen molar-refractivity contribution in [3.8, 4) is 0 Å². The number of sulfonamides is 1. The first kappa shape index (κ1) is 29.5. The zero-order chi connectivity index (χ0) is 27.9. The maximum atomic E-state index is 14.0. The van der Waals surface area contributed by atoms with Gasteiger partial charge in [0, 0.05) is 34.6 Å². The summed E-state index contributed by atoms with van der Waals surface area (Å²) in [7, 11) is -3.83. The lowest BCUT2D eigenvalue weighted by atomic mass is 10.0. The van der Waals surface area contributed by atoms with Gasteiger partial charge in [-0.2, -0.15) is 0 Å². The molecule has 0 radical (unpaired) electrons. The lowest BCUT2D eigenvalue weighted by molar-refractivity contribution is -0.140. The smallest absolute Gasteiger partial charge is 0.244 e. The lowest BCUT2D eigenvalue weighted by Crippen LogP contribution is -2.54. The summed E-state index contributed by atoms with van der Waals surface area (Å²) in [4.78, 5) is 28.9. The summed E-state index contributed by atoms with van der Waals surface area (Å²) < 4.78 is 26.5. The van der Waals surface area contributed by atoms with Gasteiger partial charge in [0.05, 0.1) is 11.9 Å².